The molecule has 2 aromatic carbocycles. The van der Waals surface area contributed by atoms with Crippen LogP contribution in [-0.4, -0.2) is 83.5 Å². The predicted octanol–water partition coefficient (Wildman–Crippen LogP) is 5.45. The van der Waals surface area contributed by atoms with Gasteiger partial charge in [-0.3, -0.25) is 24.0 Å². The Balaban J connectivity index is 0.00000159. The second-order valence-electron chi connectivity index (χ2n) is 11.0. The maximum absolute atomic E-state index is 13.3. The fourth-order valence-electron chi connectivity index (χ4n) is 5.21. The number of rotatable bonds is 16. The lowest BCUT2D eigenvalue weighted by atomic mass is 9.83. The largest absolute Gasteiger partial charge is 0.481 e. The molecule has 240 valence electrons. The highest BCUT2D eigenvalue weighted by Gasteiger charge is 2.30. The topological polar surface area (TPSA) is 136 Å². The molecule has 3 N–H and O–H groups in total. The van der Waals surface area contributed by atoms with Crippen LogP contribution in [0, 0.1) is 0 Å². The van der Waals surface area contributed by atoms with E-state index in [1.165, 1.54) is 0 Å². The Kier molecular flexibility index (Phi) is 15.4. The van der Waals surface area contributed by atoms with Gasteiger partial charge in [-0.2, -0.15) is 0 Å². The van der Waals surface area contributed by atoms with Crippen LogP contribution in [0.15, 0.2) is 36.4 Å². The van der Waals surface area contributed by atoms with Crippen molar-refractivity contribution >= 4 is 40.7 Å². The molecule has 2 aromatic rings. The van der Waals surface area contributed by atoms with Crippen LogP contribution in [0.1, 0.15) is 105 Å². The van der Waals surface area contributed by atoms with Crippen LogP contribution in [0.25, 0.3) is 0 Å². The summed E-state index contributed by atoms with van der Waals surface area (Å²) in [6, 6.07) is 9.67. The minimum absolute atomic E-state index is 0.125. The molecule has 2 amide bonds. The van der Waals surface area contributed by atoms with Crippen molar-refractivity contribution in [3.8, 4) is 0 Å². The Morgan fingerprint density at radius 1 is 0.591 bits per heavy atom. The third-order valence-electron chi connectivity index (χ3n) is 7.05. The van der Waals surface area contributed by atoms with Crippen LogP contribution in [0.4, 0.5) is 11.4 Å². The molecule has 0 spiro atoms. The molecular weight excluding hydrogens is 560 g/mol. The molecule has 0 radical (unpaired) electrons. The van der Waals surface area contributed by atoms with Gasteiger partial charge in [-0.1, -0.05) is 27.7 Å². The van der Waals surface area contributed by atoms with Crippen LogP contribution < -0.4 is 10.6 Å². The maximum atomic E-state index is 13.3. The normalized spacial score (nSPS) is 11.9. The quantitative estimate of drug-likeness (QED) is 0.195. The number of carbonyl (C=O) groups is 5. The molecule has 10 heteroatoms. The van der Waals surface area contributed by atoms with E-state index < -0.39 is 5.97 Å². The molecule has 44 heavy (non-hydrogen) atoms. The predicted molar refractivity (Wildman–Crippen MR) is 174 cm³/mol. The van der Waals surface area contributed by atoms with Crippen molar-refractivity contribution in [2.24, 2.45) is 0 Å². The first-order chi connectivity index (χ1) is 21.0. The summed E-state index contributed by atoms with van der Waals surface area (Å²) in [6.07, 6.45) is 4.86. The third-order valence-corrected chi connectivity index (χ3v) is 7.05. The molecule has 0 atom stereocenters. The van der Waals surface area contributed by atoms with E-state index in [1.54, 1.807) is 36.4 Å². The average Bonchev–Trinajstić information content (AvgIpc) is 2.97. The number of ketones is 2. The Bertz CT molecular complexity index is 1200. The molecule has 0 fully saturated rings. The minimum atomic E-state index is -0.833. The maximum Gasteiger partial charge on any atom is 0.300 e. The number of amides is 2. The average molecular weight is 609 g/mol. The molecule has 3 rings (SSSR count). The van der Waals surface area contributed by atoms with Gasteiger partial charge in [0.05, 0.1) is 0 Å². The van der Waals surface area contributed by atoms with Gasteiger partial charge in [0.1, 0.15) is 0 Å². The summed E-state index contributed by atoms with van der Waals surface area (Å²) in [6.45, 7) is 14.8. The Morgan fingerprint density at radius 2 is 0.909 bits per heavy atom. The van der Waals surface area contributed by atoms with Crippen LogP contribution in [-0.2, 0) is 14.4 Å². The third kappa shape index (κ3) is 11.3. The van der Waals surface area contributed by atoms with Gasteiger partial charge in [0.2, 0.25) is 11.8 Å². The number of carboxylic acid groups (broad SMARTS) is 1. The first-order valence-corrected chi connectivity index (χ1v) is 15.7. The fraction of sp³-hybridized carbons (Fsp3) is 0.500. The molecule has 0 heterocycles. The van der Waals surface area contributed by atoms with Crippen molar-refractivity contribution in [1.82, 2.24) is 9.80 Å². The smallest absolute Gasteiger partial charge is 0.300 e. The van der Waals surface area contributed by atoms with Crippen LogP contribution in [0.5, 0.6) is 0 Å². The molecule has 0 aromatic heterocycles. The summed E-state index contributed by atoms with van der Waals surface area (Å²) in [5, 5.41) is 13.2. The Hall–Kier alpha value is -3.89. The van der Waals surface area contributed by atoms with Crippen molar-refractivity contribution in [3.05, 3.63) is 58.7 Å². The molecule has 0 saturated carbocycles. The number of aliphatic carboxylic acids is 1. The van der Waals surface area contributed by atoms with E-state index in [0.29, 0.717) is 48.4 Å². The number of nitrogens with one attached hydrogen (secondary N) is 2. The monoisotopic (exact) mass is 608 g/mol. The highest BCUT2D eigenvalue weighted by Crippen LogP contribution is 2.31. The van der Waals surface area contributed by atoms with E-state index in [2.05, 4.69) is 48.1 Å². The van der Waals surface area contributed by atoms with E-state index >= 15 is 0 Å². The zero-order chi connectivity index (χ0) is 32.6. The zero-order valence-corrected chi connectivity index (χ0v) is 26.8. The fourth-order valence-corrected chi connectivity index (χ4v) is 5.21. The van der Waals surface area contributed by atoms with Gasteiger partial charge in [-0.25, -0.2) is 0 Å². The minimum Gasteiger partial charge on any atom is -0.481 e. The highest BCUT2D eigenvalue weighted by molar-refractivity contribution is 6.29. The molecular formula is C34H48N4O6. The van der Waals surface area contributed by atoms with Crippen LogP contribution >= 0.6 is 0 Å². The van der Waals surface area contributed by atoms with E-state index in [1.807, 2.05) is 0 Å². The van der Waals surface area contributed by atoms with Gasteiger partial charge in [0.15, 0.2) is 11.6 Å². The lowest BCUT2D eigenvalue weighted by molar-refractivity contribution is -0.134. The molecule has 1 aliphatic carbocycles. The summed E-state index contributed by atoms with van der Waals surface area (Å²) in [4.78, 5) is 65.4. The number of carboxylic acids is 1. The van der Waals surface area contributed by atoms with Crippen LogP contribution in [0.3, 0.4) is 0 Å². The summed E-state index contributed by atoms with van der Waals surface area (Å²) in [5.74, 6) is -1.63. The summed E-state index contributed by atoms with van der Waals surface area (Å²) in [7, 11) is 0. The van der Waals surface area contributed by atoms with Gasteiger partial charge in [0, 0.05) is 66.5 Å². The number of anilines is 2. The van der Waals surface area contributed by atoms with Gasteiger partial charge in [-0.05, 0) is 88.3 Å². The number of hydrogen-bond donors (Lipinski definition) is 3. The van der Waals surface area contributed by atoms with Crippen molar-refractivity contribution < 1.29 is 29.1 Å². The van der Waals surface area contributed by atoms with E-state index in [4.69, 9.17) is 9.90 Å². The molecule has 0 saturated heterocycles. The molecule has 0 unspecified atom stereocenters. The van der Waals surface area contributed by atoms with Crippen LogP contribution in [0.2, 0.25) is 0 Å². The Labute approximate surface area is 261 Å². The molecule has 10 nitrogen and oxygen atoms in total. The number of hydrogen-bond acceptors (Lipinski definition) is 7. The second-order valence-corrected chi connectivity index (χ2v) is 11.0. The number of nitrogens with zero attached hydrogens (tertiary/aromatic N) is 2. The van der Waals surface area contributed by atoms with Gasteiger partial charge in [0.25, 0.3) is 5.97 Å². The first-order valence-electron chi connectivity index (χ1n) is 15.7. The number of fused-ring (bicyclic) bond motifs is 2. The number of carbonyl (C=O) groups excluding carboxylic acids is 4. The van der Waals surface area contributed by atoms with Crippen molar-refractivity contribution in [1.29, 1.82) is 0 Å². The van der Waals surface area contributed by atoms with Crippen molar-refractivity contribution in [2.75, 3.05) is 49.9 Å². The van der Waals surface area contributed by atoms with Crippen molar-refractivity contribution in [2.45, 2.75) is 73.1 Å². The van der Waals surface area contributed by atoms with E-state index in [-0.39, 0.29) is 34.5 Å². The van der Waals surface area contributed by atoms with Gasteiger partial charge >= 0.3 is 0 Å². The molecule has 0 aliphatic heterocycles. The lowest BCUT2D eigenvalue weighted by Crippen LogP contribution is -2.29. The molecule has 1 aliphatic rings. The van der Waals surface area contributed by atoms with E-state index in [0.717, 1.165) is 58.8 Å². The summed E-state index contributed by atoms with van der Waals surface area (Å²) < 4.78 is 0. The Morgan fingerprint density at radius 3 is 1.20 bits per heavy atom. The van der Waals surface area contributed by atoms with Crippen molar-refractivity contribution in [3.63, 3.8) is 0 Å². The zero-order valence-electron chi connectivity index (χ0n) is 26.8. The summed E-state index contributed by atoms with van der Waals surface area (Å²) >= 11 is 0. The van der Waals surface area contributed by atoms with Gasteiger partial charge < -0.3 is 25.5 Å². The van der Waals surface area contributed by atoms with Gasteiger partial charge in [-0.15, -0.1) is 0 Å². The lowest BCUT2D eigenvalue weighted by Gasteiger charge is -2.21. The second kappa shape index (κ2) is 18.7. The van der Waals surface area contributed by atoms with E-state index in [9.17, 15) is 19.2 Å². The number of benzene rings is 2. The summed E-state index contributed by atoms with van der Waals surface area (Å²) in [5.41, 5.74) is 2.14. The highest BCUT2D eigenvalue weighted by atomic mass is 16.4. The SMILES string of the molecule is CC(=O)O.CCCN(CCC)CCC(=O)Nc1ccc2c(c1)C(=O)c1ccc(NC(=O)CCN(CCC)CCC)cc1C2=O. The first kappa shape index (κ1) is 36.3. The standard InChI is InChI=1S/C32H44N4O4.C2H4O2/c1-5-15-35(16-6-2)19-13-29(37)33-23-9-11-25-27(21-23)31(39)26-12-10-24(22-28(26)32(25)40)34-30(38)14-20-36(17-7-3)18-8-4;1-2(3)4/h9-12,21-22H,5-8,13-20H2,1-4H3,(H,33,37)(H,34,38);1H3,(H,3,4). The molecule has 0 bridgehead atoms.